The lowest BCUT2D eigenvalue weighted by molar-refractivity contribution is -0.374. The van der Waals surface area contributed by atoms with Crippen molar-refractivity contribution in [2.45, 2.75) is 119 Å². The summed E-state index contributed by atoms with van der Waals surface area (Å²) in [5.74, 6) is 0. The Bertz CT molecular complexity index is 1450. The van der Waals surface area contributed by atoms with E-state index in [9.17, 15) is 20.4 Å². The van der Waals surface area contributed by atoms with Gasteiger partial charge in [0.25, 0.3) is 0 Å². The molecule has 0 amide bonds. The van der Waals surface area contributed by atoms with E-state index >= 15 is 0 Å². The van der Waals surface area contributed by atoms with Gasteiger partial charge in [-0.05, 0) is 16.7 Å². The van der Waals surface area contributed by atoms with Crippen molar-refractivity contribution in [3.8, 4) is 0 Å². The zero-order valence-electron chi connectivity index (χ0n) is 29.9. The minimum atomic E-state index is -1.64. The van der Waals surface area contributed by atoms with Gasteiger partial charge in [-0.25, -0.2) is 0 Å². The van der Waals surface area contributed by atoms with Gasteiger partial charge in [0, 0.05) is 6.61 Å². The Hall–Kier alpha value is -2.72. The summed E-state index contributed by atoms with van der Waals surface area (Å²) in [4.78, 5) is 0. The molecule has 282 valence electrons. The fourth-order valence-corrected chi connectivity index (χ4v) is 7.15. The molecule has 0 spiro atoms. The summed E-state index contributed by atoms with van der Waals surface area (Å²) in [6.07, 6.45) is -7.26. The molecule has 0 aromatic heterocycles. The summed E-state index contributed by atoms with van der Waals surface area (Å²) < 4.78 is 45.1. The Morgan fingerprint density at radius 3 is 1.77 bits per heavy atom. The quantitative estimate of drug-likeness (QED) is 0.113. The van der Waals surface area contributed by atoms with Gasteiger partial charge in [0.2, 0.25) is 0 Å². The second-order valence-corrected chi connectivity index (χ2v) is 14.5. The highest BCUT2D eigenvalue weighted by molar-refractivity contribution is 6.40. The van der Waals surface area contributed by atoms with Crippen molar-refractivity contribution in [3.63, 3.8) is 0 Å². The predicted molar refractivity (Wildman–Crippen MR) is 194 cm³/mol. The number of ether oxygens (including phenoxy) is 7. The van der Waals surface area contributed by atoms with Crippen LogP contribution in [0, 0.1) is 0 Å². The monoisotopic (exact) mass is 720 g/mol. The van der Waals surface area contributed by atoms with Crippen molar-refractivity contribution in [1.82, 2.24) is 0 Å². The van der Waals surface area contributed by atoms with Gasteiger partial charge in [-0.1, -0.05) is 129 Å². The summed E-state index contributed by atoms with van der Waals surface area (Å²) in [5.41, 5.74) is 2.88. The lowest BCUT2D eigenvalue weighted by atomic mass is 9.43. The number of benzene rings is 3. The van der Waals surface area contributed by atoms with Crippen molar-refractivity contribution in [1.29, 1.82) is 0 Å². The third-order valence-corrected chi connectivity index (χ3v) is 10.5. The van der Waals surface area contributed by atoms with E-state index in [2.05, 4.69) is 6.92 Å². The Morgan fingerprint density at radius 1 is 0.654 bits per heavy atom. The predicted octanol–water partition coefficient (Wildman–Crippen LogP) is 3.52. The van der Waals surface area contributed by atoms with Crippen molar-refractivity contribution in [2.24, 2.45) is 0 Å². The first kappa shape index (κ1) is 39.0. The van der Waals surface area contributed by atoms with E-state index in [0.717, 1.165) is 30.3 Å². The van der Waals surface area contributed by atoms with Gasteiger partial charge in [-0.2, -0.15) is 0 Å². The summed E-state index contributed by atoms with van der Waals surface area (Å²) in [6.45, 7) is 3.05. The summed E-state index contributed by atoms with van der Waals surface area (Å²) in [5, 5.41) is 42.4. The van der Waals surface area contributed by atoms with Crippen molar-refractivity contribution >= 4 is 7.28 Å². The van der Waals surface area contributed by atoms with Gasteiger partial charge in [0.05, 0.1) is 33.0 Å². The average molecular weight is 721 g/mol. The normalized spacial score (nSPS) is 31.5. The Balaban J connectivity index is 1.30. The van der Waals surface area contributed by atoms with E-state index in [1.54, 1.807) is 0 Å². The van der Waals surface area contributed by atoms with Crippen molar-refractivity contribution in [2.75, 3.05) is 19.8 Å². The zero-order chi connectivity index (χ0) is 36.3. The van der Waals surface area contributed by atoms with Crippen molar-refractivity contribution < 1.29 is 53.6 Å². The topological polar surface area (TPSA) is 146 Å². The molecule has 2 heterocycles. The highest BCUT2D eigenvalue weighted by Gasteiger charge is 2.53. The fraction of sp³-hybridized carbons (Fsp3) is 0.550. The Labute approximate surface area is 307 Å². The highest BCUT2D eigenvalue weighted by atomic mass is 16.8. The van der Waals surface area contributed by atoms with Gasteiger partial charge < -0.3 is 53.6 Å². The van der Waals surface area contributed by atoms with E-state index in [0.29, 0.717) is 18.5 Å². The minimum Gasteiger partial charge on any atom is -0.394 e. The molecule has 1 aliphatic carbocycles. The Kier molecular flexibility index (Phi) is 14.3. The van der Waals surface area contributed by atoms with Crippen LogP contribution >= 0.6 is 0 Å². The highest BCUT2D eigenvalue weighted by Crippen LogP contribution is 2.47. The van der Waals surface area contributed by atoms with Crippen LogP contribution in [0.4, 0.5) is 0 Å². The van der Waals surface area contributed by atoms with Crippen LogP contribution < -0.4 is 0 Å². The van der Waals surface area contributed by atoms with Crippen molar-refractivity contribution in [3.05, 3.63) is 108 Å². The largest absolute Gasteiger partial charge is 0.394 e. The molecule has 12 heteroatoms. The molecule has 3 fully saturated rings. The molecule has 52 heavy (non-hydrogen) atoms. The smallest absolute Gasteiger partial charge is 0.187 e. The molecule has 0 radical (unpaired) electrons. The molecule has 3 aromatic rings. The van der Waals surface area contributed by atoms with E-state index in [4.69, 9.17) is 33.2 Å². The first-order valence-electron chi connectivity index (χ1n) is 18.5. The lowest BCUT2D eigenvalue weighted by Gasteiger charge is -2.48. The molecular formula is C40H53BO11. The van der Waals surface area contributed by atoms with Crippen LogP contribution in [-0.4, -0.2) is 109 Å². The maximum absolute atomic E-state index is 11.0. The molecular weight excluding hydrogens is 667 g/mol. The first-order valence-corrected chi connectivity index (χ1v) is 18.5. The third kappa shape index (κ3) is 10.3. The van der Waals surface area contributed by atoms with Crippen LogP contribution in [0.1, 0.15) is 42.9 Å². The van der Waals surface area contributed by atoms with Gasteiger partial charge in [0.15, 0.2) is 12.6 Å². The van der Waals surface area contributed by atoms with Crippen LogP contribution in [0.3, 0.4) is 0 Å². The van der Waals surface area contributed by atoms with E-state index in [-0.39, 0.29) is 19.8 Å². The van der Waals surface area contributed by atoms with Crippen LogP contribution in [0.5, 0.6) is 0 Å². The lowest BCUT2D eigenvalue weighted by Crippen LogP contribution is -2.65. The number of aliphatic hydroxyl groups is 4. The molecule has 11 nitrogen and oxygen atoms in total. The van der Waals surface area contributed by atoms with Crippen LogP contribution in [0.25, 0.3) is 0 Å². The van der Waals surface area contributed by atoms with Crippen LogP contribution in [0.2, 0.25) is 11.6 Å². The molecule has 2 saturated heterocycles. The molecule has 0 bridgehead atoms. The molecule has 2 aliphatic heterocycles. The number of rotatable bonds is 18. The number of aliphatic hydroxyl groups excluding tert-OH is 4. The first-order chi connectivity index (χ1) is 25.3. The molecule has 4 N–H and O–H groups in total. The molecule has 3 aromatic carbocycles. The molecule has 3 aliphatic rings. The molecule has 6 rings (SSSR count). The summed E-state index contributed by atoms with van der Waals surface area (Å²) in [6, 6.07) is 29.4. The van der Waals surface area contributed by atoms with E-state index < -0.39 is 68.0 Å². The zero-order valence-corrected chi connectivity index (χ0v) is 29.9. The van der Waals surface area contributed by atoms with Gasteiger partial charge in [-0.15, -0.1) is 0 Å². The number of hydrogen-bond acceptors (Lipinski definition) is 11. The van der Waals surface area contributed by atoms with Gasteiger partial charge in [-0.3, -0.25) is 0 Å². The van der Waals surface area contributed by atoms with Crippen LogP contribution in [0.15, 0.2) is 91.0 Å². The SMILES string of the molecule is CC1(BCCO[C@H]2OC(COCc3ccccc3)[C@@H](OCc3ccccc3)C(OCc3ccccc3)C2O[C@H]2OC(CO)[C@@H](O)C(O)C2O)CCC1. The second kappa shape index (κ2) is 19.0. The van der Waals surface area contributed by atoms with Crippen LogP contribution in [-0.2, 0) is 53.0 Å². The maximum atomic E-state index is 11.0. The molecule has 10 atom stereocenters. The van der Waals surface area contributed by atoms with E-state index in [1.807, 2.05) is 91.0 Å². The standard InChI is InChI=1S/C40H53BO11/c1-40(18-11-19-40)41-20-21-47-39-37(52-38-34(45)33(44)32(43)30(22-42)50-38)36(49-25-29-16-9-4-10-17-29)35(48-24-28-14-7-3-8-15-28)31(51-39)26-46-23-27-12-5-2-6-13-27/h2-10,12-17,30-39,41-45H,11,18-26H2,1H3/t30?,31?,32-,33?,34?,35-,36?,37?,38-,39+/m1/s1. The number of hydrogen-bond donors (Lipinski definition) is 4. The summed E-state index contributed by atoms with van der Waals surface area (Å²) in [7, 11) is 1.01. The fourth-order valence-electron chi connectivity index (χ4n) is 7.15. The second-order valence-electron chi connectivity index (χ2n) is 14.5. The van der Waals surface area contributed by atoms with Gasteiger partial charge >= 0.3 is 0 Å². The van der Waals surface area contributed by atoms with Gasteiger partial charge in [0.1, 0.15) is 56.1 Å². The Morgan fingerprint density at radius 2 is 1.21 bits per heavy atom. The molecule has 1 saturated carbocycles. The van der Waals surface area contributed by atoms with E-state index in [1.165, 1.54) is 19.3 Å². The minimum absolute atomic E-state index is 0.157. The third-order valence-electron chi connectivity index (χ3n) is 10.5. The average Bonchev–Trinajstić information content (AvgIpc) is 3.16. The summed E-state index contributed by atoms with van der Waals surface area (Å²) >= 11 is 0. The maximum Gasteiger partial charge on any atom is 0.187 e. The molecule has 6 unspecified atom stereocenters.